The second-order valence-corrected chi connectivity index (χ2v) is 6.81. The van der Waals surface area contributed by atoms with Gasteiger partial charge in [0, 0.05) is 41.4 Å². The largest absolute Gasteiger partial charge is 0.389 e. The predicted molar refractivity (Wildman–Crippen MR) is 95.5 cm³/mol. The van der Waals surface area contributed by atoms with E-state index < -0.39 is 0 Å². The molecule has 1 aliphatic rings. The smallest absolute Gasteiger partial charge is 0.106 e. The molecule has 1 unspecified atom stereocenters. The van der Waals surface area contributed by atoms with E-state index >= 15 is 0 Å². The highest BCUT2D eigenvalue weighted by molar-refractivity contribution is 7.99. The monoisotopic (exact) mass is 314 g/mol. The number of para-hydroxylation sites is 1. The molecule has 0 saturated heterocycles. The van der Waals surface area contributed by atoms with Crippen molar-refractivity contribution < 1.29 is 0 Å². The lowest BCUT2D eigenvalue weighted by Crippen LogP contribution is -2.26. The van der Waals surface area contributed by atoms with Crippen LogP contribution in [0.3, 0.4) is 0 Å². The van der Waals surface area contributed by atoms with Crippen LogP contribution >= 0.6 is 24.0 Å². The lowest BCUT2D eigenvalue weighted by atomic mass is 10.0. The topological polar surface area (TPSA) is 29.3 Å². The Bertz CT molecular complexity index is 669. The fourth-order valence-corrected chi connectivity index (χ4v) is 4.24. The summed E-state index contributed by atoms with van der Waals surface area (Å²) >= 11 is 7.11. The number of benzene rings is 2. The van der Waals surface area contributed by atoms with Crippen molar-refractivity contribution in [3.63, 3.8) is 0 Å². The summed E-state index contributed by atoms with van der Waals surface area (Å²) in [4.78, 5) is 4.14. The van der Waals surface area contributed by atoms with Crippen molar-refractivity contribution >= 4 is 34.7 Å². The summed E-state index contributed by atoms with van der Waals surface area (Å²) < 4.78 is 0. The number of likely N-dealkylation sites (N-methyl/N-ethyl adjacent to an activating group) is 1. The maximum absolute atomic E-state index is 5.84. The van der Waals surface area contributed by atoms with E-state index in [1.807, 2.05) is 30.0 Å². The van der Waals surface area contributed by atoms with E-state index in [1.54, 1.807) is 0 Å². The molecule has 21 heavy (non-hydrogen) atoms. The van der Waals surface area contributed by atoms with Crippen LogP contribution in [0.5, 0.6) is 0 Å². The molecule has 0 aromatic heterocycles. The van der Waals surface area contributed by atoms with Crippen molar-refractivity contribution in [1.82, 2.24) is 0 Å². The molecule has 0 radical (unpaired) electrons. The first-order valence-corrected chi connectivity index (χ1v) is 8.38. The molecule has 1 atom stereocenters. The Morgan fingerprint density at radius 1 is 1.24 bits per heavy atom. The Labute approximate surface area is 135 Å². The van der Waals surface area contributed by atoms with Gasteiger partial charge in [-0.25, -0.2) is 0 Å². The number of fused-ring (bicyclic) bond motifs is 1. The van der Waals surface area contributed by atoms with Gasteiger partial charge in [0.1, 0.15) is 4.99 Å². The molecule has 2 nitrogen and oxygen atoms in total. The average molecular weight is 314 g/mol. The molecule has 108 valence electrons. The molecule has 0 amide bonds. The van der Waals surface area contributed by atoms with Crippen LogP contribution in [-0.4, -0.2) is 24.3 Å². The molecule has 1 aliphatic heterocycles. The number of hydrogen-bond acceptors (Lipinski definition) is 3. The molecular weight excluding hydrogens is 296 g/mol. The van der Waals surface area contributed by atoms with Gasteiger partial charge >= 0.3 is 0 Å². The third kappa shape index (κ3) is 2.92. The van der Waals surface area contributed by atoms with Crippen molar-refractivity contribution in [2.45, 2.75) is 10.8 Å². The fraction of sp³-hybridized carbons (Fsp3) is 0.235. The van der Waals surface area contributed by atoms with Crippen LogP contribution in [0.15, 0.2) is 53.4 Å². The number of rotatable bonds is 4. The van der Waals surface area contributed by atoms with Gasteiger partial charge in [0.05, 0.1) is 0 Å². The molecule has 3 rings (SSSR count). The minimum absolute atomic E-state index is 0.457. The molecular formula is C17H18N2S2. The van der Waals surface area contributed by atoms with Crippen LogP contribution in [0, 0.1) is 0 Å². The van der Waals surface area contributed by atoms with E-state index in [0.717, 1.165) is 23.5 Å². The van der Waals surface area contributed by atoms with Crippen molar-refractivity contribution in [2.75, 3.05) is 24.2 Å². The quantitative estimate of drug-likeness (QED) is 0.872. The van der Waals surface area contributed by atoms with Crippen molar-refractivity contribution in [3.05, 3.63) is 59.7 Å². The molecule has 0 fully saturated rings. The molecule has 0 aliphatic carbocycles. The SMILES string of the molecule is CN(CC1CSc2ccccc21)c1ccccc1C(N)=S. The third-order valence-corrected chi connectivity index (χ3v) is 5.35. The highest BCUT2D eigenvalue weighted by Gasteiger charge is 2.24. The summed E-state index contributed by atoms with van der Waals surface area (Å²) in [5.41, 5.74) is 9.36. The molecule has 2 aromatic rings. The van der Waals surface area contributed by atoms with Gasteiger partial charge in [0.15, 0.2) is 0 Å². The van der Waals surface area contributed by atoms with Gasteiger partial charge in [-0.2, -0.15) is 0 Å². The predicted octanol–water partition coefficient (Wildman–Crippen LogP) is 3.65. The van der Waals surface area contributed by atoms with Gasteiger partial charge < -0.3 is 10.6 Å². The van der Waals surface area contributed by atoms with E-state index in [0.29, 0.717) is 10.9 Å². The lowest BCUT2D eigenvalue weighted by Gasteiger charge is -2.25. The third-order valence-electron chi connectivity index (χ3n) is 3.87. The van der Waals surface area contributed by atoms with Gasteiger partial charge in [-0.3, -0.25) is 0 Å². The summed E-state index contributed by atoms with van der Waals surface area (Å²) in [6.45, 7) is 0.976. The van der Waals surface area contributed by atoms with E-state index in [-0.39, 0.29) is 0 Å². The summed E-state index contributed by atoms with van der Waals surface area (Å²) in [6, 6.07) is 16.8. The molecule has 1 heterocycles. The fourth-order valence-electron chi connectivity index (χ4n) is 2.82. The highest BCUT2D eigenvalue weighted by Crippen LogP contribution is 2.40. The van der Waals surface area contributed by atoms with Gasteiger partial charge in [0.2, 0.25) is 0 Å². The van der Waals surface area contributed by atoms with Gasteiger partial charge in [-0.1, -0.05) is 42.5 Å². The van der Waals surface area contributed by atoms with Crippen LogP contribution in [-0.2, 0) is 0 Å². The first kappa shape index (κ1) is 14.4. The van der Waals surface area contributed by atoms with Crippen molar-refractivity contribution in [2.24, 2.45) is 5.73 Å². The maximum atomic E-state index is 5.84. The number of anilines is 1. The normalized spacial score (nSPS) is 16.5. The molecule has 2 N–H and O–H groups in total. The minimum atomic E-state index is 0.457. The summed E-state index contributed by atoms with van der Waals surface area (Å²) in [5.74, 6) is 1.69. The highest BCUT2D eigenvalue weighted by atomic mass is 32.2. The molecule has 4 heteroatoms. The van der Waals surface area contributed by atoms with E-state index in [9.17, 15) is 0 Å². The first-order chi connectivity index (χ1) is 10.2. The van der Waals surface area contributed by atoms with Crippen LogP contribution in [0.1, 0.15) is 17.0 Å². The second kappa shape index (κ2) is 6.08. The van der Waals surface area contributed by atoms with Gasteiger partial charge in [-0.15, -0.1) is 11.8 Å². The number of nitrogens with zero attached hydrogens (tertiary/aromatic N) is 1. The summed E-state index contributed by atoms with van der Waals surface area (Å²) in [6.07, 6.45) is 0. The molecule has 0 saturated carbocycles. The zero-order valence-corrected chi connectivity index (χ0v) is 13.6. The Balaban J connectivity index is 1.82. The number of thioether (sulfide) groups is 1. The second-order valence-electron chi connectivity index (χ2n) is 5.31. The first-order valence-electron chi connectivity index (χ1n) is 6.98. The van der Waals surface area contributed by atoms with E-state index in [2.05, 4.69) is 42.3 Å². The maximum Gasteiger partial charge on any atom is 0.106 e. The molecule has 2 aromatic carbocycles. The molecule has 0 spiro atoms. The Hall–Kier alpha value is -1.52. The Kier molecular flexibility index (Phi) is 4.17. The van der Waals surface area contributed by atoms with Crippen LogP contribution in [0.2, 0.25) is 0 Å². The Morgan fingerprint density at radius 2 is 1.95 bits per heavy atom. The van der Waals surface area contributed by atoms with Crippen LogP contribution in [0.4, 0.5) is 5.69 Å². The van der Waals surface area contributed by atoms with Gasteiger partial charge in [-0.05, 0) is 23.8 Å². The summed E-state index contributed by atoms with van der Waals surface area (Å²) in [7, 11) is 2.11. The molecule has 0 bridgehead atoms. The van der Waals surface area contributed by atoms with Gasteiger partial charge in [0.25, 0.3) is 0 Å². The number of hydrogen-bond donors (Lipinski definition) is 1. The summed E-state index contributed by atoms with van der Waals surface area (Å²) in [5, 5.41) is 0. The zero-order valence-electron chi connectivity index (χ0n) is 12.0. The number of nitrogens with two attached hydrogens (primary N) is 1. The Morgan fingerprint density at radius 3 is 2.76 bits per heavy atom. The average Bonchev–Trinajstić information content (AvgIpc) is 2.90. The minimum Gasteiger partial charge on any atom is -0.389 e. The van der Waals surface area contributed by atoms with E-state index in [1.165, 1.54) is 10.5 Å². The van der Waals surface area contributed by atoms with Crippen LogP contribution in [0.25, 0.3) is 0 Å². The van der Waals surface area contributed by atoms with E-state index in [4.69, 9.17) is 18.0 Å². The van der Waals surface area contributed by atoms with Crippen LogP contribution < -0.4 is 10.6 Å². The number of thiocarbonyl (C=S) groups is 1. The lowest BCUT2D eigenvalue weighted by molar-refractivity contribution is 0.744. The van der Waals surface area contributed by atoms with Crippen molar-refractivity contribution in [3.8, 4) is 0 Å². The standard InChI is InChI=1S/C17H18N2S2/c1-19(15-8-4-2-7-14(15)17(18)20)10-12-11-21-16-9-5-3-6-13(12)16/h2-9,12H,10-11H2,1H3,(H2,18,20). The van der Waals surface area contributed by atoms with Crippen molar-refractivity contribution in [1.29, 1.82) is 0 Å². The zero-order chi connectivity index (χ0) is 14.8.